The standard InChI is InChI=1S/C9H13NO2.C2H6/c1-4-12-9-8(11-3)6-5-7(2)10-9;1-2/h5-6H,4H2,1-3H3;1-2H3. The Bertz CT molecular complexity index is 261. The summed E-state index contributed by atoms with van der Waals surface area (Å²) < 4.78 is 10.3. The second-order valence-corrected chi connectivity index (χ2v) is 2.39. The van der Waals surface area contributed by atoms with Crippen LogP contribution in [0.5, 0.6) is 11.6 Å². The van der Waals surface area contributed by atoms with Gasteiger partial charge in [0, 0.05) is 5.69 Å². The highest BCUT2D eigenvalue weighted by Gasteiger charge is 2.03. The fourth-order valence-electron chi connectivity index (χ4n) is 0.916. The highest BCUT2D eigenvalue weighted by molar-refractivity contribution is 5.34. The Morgan fingerprint density at radius 2 is 1.93 bits per heavy atom. The van der Waals surface area contributed by atoms with Crippen molar-refractivity contribution in [2.75, 3.05) is 13.7 Å². The second-order valence-electron chi connectivity index (χ2n) is 2.39. The van der Waals surface area contributed by atoms with Crippen molar-refractivity contribution in [1.29, 1.82) is 0 Å². The lowest BCUT2D eigenvalue weighted by Crippen LogP contribution is -1.98. The summed E-state index contributed by atoms with van der Waals surface area (Å²) in [6, 6.07) is 3.74. The van der Waals surface area contributed by atoms with Crippen LogP contribution in [0.25, 0.3) is 0 Å². The Balaban J connectivity index is 0.000000791. The van der Waals surface area contributed by atoms with Gasteiger partial charge in [-0.05, 0) is 26.0 Å². The normalized spacial score (nSPS) is 8.64. The van der Waals surface area contributed by atoms with Crippen LogP contribution in [0, 0.1) is 6.92 Å². The molecule has 0 saturated carbocycles. The third-order valence-electron chi connectivity index (χ3n) is 1.47. The van der Waals surface area contributed by atoms with Crippen LogP contribution in [0.4, 0.5) is 0 Å². The number of hydrogen-bond donors (Lipinski definition) is 0. The molecule has 0 amide bonds. The molecule has 80 valence electrons. The van der Waals surface area contributed by atoms with Crippen LogP contribution < -0.4 is 9.47 Å². The Hall–Kier alpha value is -1.25. The minimum absolute atomic E-state index is 0.569. The summed E-state index contributed by atoms with van der Waals surface area (Å²) in [5, 5.41) is 0. The number of nitrogens with zero attached hydrogens (tertiary/aromatic N) is 1. The first-order chi connectivity index (χ1) is 6.77. The molecule has 0 aliphatic heterocycles. The third kappa shape index (κ3) is 3.64. The van der Waals surface area contributed by atoms with Gasteiger partial charge in [-0.25, -0.2) is 4.98 Å². The van der Waals surface area contributed by atoms with Crippen LogP contribution in [0.2, 0.25) is 0 Å². The Kier molecular flexibility index (Phi) is 6.54. The molecule has 14 heavy (non-hydrogen) atoms. The van der Waals surface area contributed by atoms with E-state index in [-0.39, 0.29) is 0 Å². The van der Waals surface area contributed by atoms with Crippen LogP contribution >= 0.6 is 0 Å². The van der Waals surface area contributed by atoms with E-state index < -0.39 is 0 Å². The molecular formula is C11H19NO2. The van der Waals surface area contributed by atoms with Crippen LogP contribution in [0.1, 0.15) is 26.5 Å². The topological polar surface area (TPSA) is 31.4 Å². The fraction of sp³-hybridized carbons (Fsp3) is 0.545. The lowest BCUT2D eigenvalue weighted by atomic mass is 10.3. The zero-order valence-electron chi connectivity index (χ0n) is 9.63. The van der Waals surface area contributed by atoms with E-state index in [1.54, 1.807) is 7.11 Å². The minimum atomic E-state index is 0.569. The molecular weight excluding hydrogens is 178 g/mol. The van der Waals surface area contributed by atoms with E-state index in [4.69, 9.17) is 9.47 Å². The number of pyridine rings is 1. The van der Waals surface area contributed by atoms with Crippen molar-refractivity contribution < 1.29 is 9.47 Å². The van der Waals surface area contributed by atoms with Gasteiger partial charge in [-0.2, -0.15) is 0 Å². The summed E-state index contributed by atoms with van der Waals surface area (Å²) in [5.74, 6) is 1.25. The van der Waals surface area contributed by atoms with Gasteiger partial charge in [-0.15, -0.1) is 0 Å². The molecule has 0 aromatic carbocycles. The predicted octanol–water partition coefficient (Wildman–Crippen LogP) is 2.82. The molecule has 1 rings (SSSR count). The van der Waals surface area contributed by atoms with Crippen molar-refractivity contribution in [3.63, 3.8) is 0 Å². The average Bonchev–Trinajstić information content (AvgIpc) is 2.22. The third-order valence-corrected chi connectivity index (χ3v) is 1.47. The van der Waals surface area contributed by atoms with Crippen molar-refractivity contribution in [2.45, 2.75) is 27.7 Å². The summed E-state index contributed by atoms with van der Waals surface area (Å²) in [5.41, 5.74) is 0.930. The predicted molar refractivity (Wildman–Crippen MR) is 58.0 cm³/mol. The Morgan fingerprint density at radius 1 is 1.29 bits per heavy atom. The molecule has 0 radical (unpaired) electrons. The van der Waals surface area contributed by atoms with E-state index in [9.17, 15) is 0 Å². The van der Waals surface area contributed by atoms with E-state index in [1.807, 2.05) is 39.8 Å². The zero-order chi connectivity index (χ0) is 11.0. The van der Waals surface area contributed by atoms with Gasteiger partial charge in [0.2, 0.25) is 0 Å². The molecule has 0 atom stereocenters. The van der Waals surface area contributed by atoms with Gasteiger partial charge in [0.25, 0.3) is 5.88 Å². The van der Waals surface area contributed by atoms with Crippen LogP contribution in [-0.2, 0) is 0 Å². The number of ether oxygens (including phenoxy) is 2. The summed E-state index contributed by atoms with van der Waals surface area (Å²) >= 11 is 0. The SMILES string of the molecule is CC.CCOc1nc(C)ccc1OC. The van der Waals surface area contributed by atoms with Gasteiger partial charge in [-0.1, -0.05) is 13.8 Å². The molecule has 1 aromatic rings. The molecule has 0 fully saturated rings. The highest BCUT2D eigenvalue weighted by Crippen LogP contribution is 2.23. The smallest absolute Gasteiger partial charge is 0.257 e. The van der Waals surface area contributed by atoms with Gasteiger partial charge >= 0.3 is 0 Å². The monoisotopic (exact) mass is 197 g/mol. The number of aromatic nitrogens is 1. The lowest BCUT2D eigenvalue weighted by molar-refractivity contribution is 0.298. The largest absolute Gasteiger partial charge is 0.491 e. The Morgan fingerprint density at radius 3 is 2.43 bits per heavy atom. The van der Waals surface area contributed by atoms with E-state index in [0.717, 1.165) is 5.69 Å². The van der Waals surface area contributed by atoms with Gasteiger partial charge in [-0.3, -0.25) is 0 Å². The maximum absolute atomic E-state index is 5.27. The molecule has 0 aliphatic carbocycles. The molecule has 0 aliphatic rings. The van der Waals surface area contributed by atoms with Crippen molar-refractivity contribution in [3.8, 4) is 11.6 Å². The molecule has 0 saturated heterocycles. The molecule has 0 spiro atoms. The van der Waals surface area contributed by atoms with Crippen molar-refractivity contribution in [1.82, 2.24) is 4.98 Å². The van der Waals surface area contributed by atoms with Crippen LogP contribution in [0.3, 0.4) is 0 Å². The second kappa shape index (κ2) is 7.18. The van der Waals surface area contributed by atoms with E-state index in [0.29, 0.717) is 18.2 Å². The first-order valence-electron chi connectivity index (χ1n) is 4.92. The fourth-order valence-corrected chi connectivity index (χ4v) is 0.916. The van der Waals surface area contributed by atoms with Gasteiger partial charge in [0.15, 0.2) is 5.75 Å². The van der Waals surface area contributed by atoms with E-state index >= 15 is 0 Å². The molecule has 3 heteroatoms. The van der Waals surface area contributed by atoms with E-state index in [2.05, 4.69) is 4.98 Å². The minimum Gasteiger partial charge on any atom is -0.491 e. The molecule has 1 heterocycles. The number of methoxy groups -OCH3 is 1. The summed E-state index contributed by atoms with van der Waals surface area (Å²) in [4.78, 5) is 4.19. The molecule has 3 nitrogen and oxygen atoms in total. The zero-order valence-corrected chi connectivity index (χ0v) is 9.63. The summed E-state index contributed by atoms with van der Waals surface area (Å²) in [7, 11) is 1.61. The van der Waals surface area contributed by atoms with Gasteiger partial charge in [0.1, 0.15) is 0 Å². The lowest BCUT2D eigenvalue weighted by Gasteiger charge is -2.07. The molecule has 0 N–H and O–H groups in total. The summed E-state index contributed by atoms with van der Waals surface area (Å²) in [6.45, 7) is 8.44. The van der Waals surface area contributed by atoms with Gasteiger partial charge < -0.3 is 9.47 Å². The highest BCUT2D eigenvalue weighted by atomic mass is 16.5. The maximum atomic E-state index is 5.27. The number of rotatable bonds is 3. The Labute approximate surface area is 86.1 Å². The van der Waals surface area contributed by atoms with Crippen molar-refractivity contribution in [2.24, 2.45) is 0 Å². The maximum Gasteiger partial charge on any atom is 0.257 e. The molecule has 1 aromatic heterocycles. The first-order valence-corrected chi connectivity index (χ1v) is 4.92. The first kappa shape index (κ1) is 12.8. The summed E-state index contributed by atoms with van der Waals surface area (Å²) in [6.07, 6.45) is 0. The number of hydrogen-bond acceptors (Lipinski definition) is 3. The average molecular weight is 197 g/mol. The van der Waals surface area contributed by atoms with E-state index in [1.165, 1.54) is 0 Å². The van der Waals surface area contributed by atoms with Crippen LogP contribution in [0.15, 0.2) is 12.1 Å². The number of aryl methyl sites for hydroxylation is 1. The molecule has 0 unspecified atom stereocenters. The van der Waals surface area contributed by atoms with Gasteiger partial charge in [0.05, 0.1) is 13.7 Å². The van der Waals surface area contributed by atoms with Crippen molar-refractivity contribution in [3.05, 3.63) is 17.8 Å². The van der Waals surface area contributed by atoms with Crippen LogP contribution in [-0.4, -0.2) is 18.7 Å². The quantitative estimate of drug-likeness (QED) is 0.746. The molecule has 0 bridgehead atoms. The van der Waals surface area contributed by atoms with Crippen molar-refractivity contribution >= 4 is 0 Å².